The van der Waals surface area contributed by atoms with E-state index in [1.807, 2.05) is 25.2 Å². The van der Waals surface area contributed by atoms with Gasteiger partial charge in [-0.05, 0) is 24.0 Å². The van der Waals surface area contributed by atoms with Crippen LogP contribution < -0.4 is 10.2 Å². The molecule has 1 aromatic carbocycles. The molecule has 1 fully saturated rings. The molecule has 5 heteroatoms. The SMILES string of the molecule is CN=C(NCCC(C)(C)C)N1CCN(c2ccccc2O)CC1. The smallest absolute Gasteiger partial charge is 0.193 e. The monoisotopic (exact) mass is 318 g/mol. The van der Waals surface area contributed by atoms with E-state index in [4.69, 9.17) is 0 Å². The summed E-state index contributed by atoms with van der Waals surface area (Å²) in [5.41, 5.74) is 1.25. The summed E-state index contributed by atoms with van der Waals surface area (Å²) in [6, 6.07) is 7.54. The summed E-state index contributed by atoms with van der Waals surface area (Å²) < 4.78 is 0. The van der Waals surface area contributed by atoms with Crippen molar-refractivity contribution >= 4 is 11.6 Å². The average Bonchev–Trinajstić information content (AvgIpc) is 2.51. The van der Waals surface area contributed by atoms with E-state index in [1.165, 1.54) is 0 Å². The van der Waals surface area contributed by atoms with Crippen molar-refractivity contribution in [3.8, 4) is 5.75 Å². The highest BCUT2D eigenvalue weighted by Crippen LogP contribution is 2.27. The predicted molar refractivity (Wildman–Crippen MR) is 97.3 cm³/mol. The number of guanidine groups is 1. The maximum atomic E-state index is 9.99. The van der Waals surface area contributed by atoms with Crippen LogP contribution in [0.1, 0.15) is 27.2 Å². The van der Waals surface area contributed by atoms with Gasteiger partial charge in [-0.2, -0.15) is 0 Å². The van der Waals surface area contributed by atoms with Gasteiger partial charge in [-0.1, -0.05) is 32.9 Å². The molecule has 2 N–H and O–H groups in total. The molecule has 0 atom stereocenters. The molecule has 0 aliphatic carbocycles. The maximum Gasteiger partial charge on any atom is 0.193 e. The quantitative estimate of drug-likeness (QED) is 0.664. The van der Waals surface area contributed by atoms with Gasteiger partial charge in [0, 0.05) is 39.8 Å². The third-order valence-electron chi connectivity index (χ3n) is 4.17. The molecule has 0 aromatic heterocycles. The van der Waals surface area contributed by atoms with Gasteiger partial charge in [-0.25, -0.2) is 0 Å². The number of nitrogens with one attached hydrogen (secondary N) is 1. The Bertz CT molecular complexity index is 528. The van der Waals surface area contributed by atoms with Crippen LogP contribution in [0.15, 0.2) is 29.3 Å². The Balaban J connectivity index is 1.86. The highest BCUT2D eigenvalue weighted by Gasteiger charge is 2.21. The highest BCUT2D eigenvalue weighted by molar-refractivity contribution is 5.80. The number of anilines is 1. The van der Waals surface area contributed by atoms with Crippen LogP contribution >= 0.6 is 0 Å². The number of phenolic OH excluding ortho intramolecular Hbond substituents is 1. The van der Waals surface area contributed by atoms with Gasteiger partial charge in [0.1, 0.15) is 5.75 Å². The fourth-order valence-corrected chi connectivity index (χ4v) is 2.77. The Kier molecular flexibility index (Phi) is 5.74. The lowest BCUT2D eigenvalue weighted by Crippen LogP contribution is -2.52. The summed E-state index contributed by atoms with van der Waals surface area (Å²) in [4.78, 5) is 8.93. The van der Waals surface area contributed by atoms with Crippen LogP contribution in [0, 0.1) is 5.41 Å². The second-order valence-electron chi connectivity index (χ2n) is 7.25. The van der Waals surface area contributed by atoms with Crippen LogP contribution in [-0.2, 0) is 0 Å². The normalized spacial score (nSPS) is 16.6. The van der Waals surface area contributed by atoms with Crippen LogP contribution in [0.25, 0.3) is 0 Å². The Morgan fingerprint density at radius 3 is 2.39 bits per heavy atom. The van der Waals surface area contributed by atoms with E-state index in [0.717, 1.165) is 50.8 Å². The van der Waals surface area contributed by atoms with Crippen LogP contribution in [0.3, 0.4) is 0 Å². The third kappa shape index (κ3) is 5.05. The number of hydrogen-bond donors (Lipinski definition) is 2. The molecule has 5 nitrogen and oxygen atoms in total. The second kappa shape index (κ2) is 7.57. The van der Waals surface area contributed by atoms with Gasteiger partial charge in [-0.3, -0.25) is 4.99 Å². The van der Waals surface area contributed by atoms with Crippen molar-refractivity contribution in [3.05, 3.63) is 24.3 Å². The number of phenols is 1. The van der Waals surface area contributed by atoms with Gasteiger partial charge in [0.15, 0.2) is 5.96 Å². The molecule has 1 aliphatic rings. The second-order valence-corrected chi connectivity index (χ2v) is 7.25. The lowest BCUT2D eigenvalue weighted by molar-refractivity contribution is 0.352. The number of aromatic hydroxyl groups is 1. The molecule has 0 saturated carbocycles. The van der Waals surface area contributed by atoms with Crippen LogP contribution in [0.4, 0.5) is 5.69 Å². The predicted octanol–water partition coefficient (Wildman–Crippen LogP) is 2.53. The van der Waals surface area contributed by atoms with E-state index in [2.05, 4.69) is 40.9 Å². The molecule has 0 bridgehead atoms. The van der Waals surface area contributed by atoms with E-state index in [9.17, 15) is 5.11 Å². The van der Waals surface area contributed by atoms with E-state index in [-0.39, 0.29) is 0 Å². The third-order valence-corrected chi connectivity index (χ3v) is 4.17. The minimum absolute atomic E-state index is 0.329. The molecule has 128 valence electrons. The van der Waals surface area contributed by atoms with Crippen LogP contribution in [-0.4, -0.2) is 55.7 Å². The van der Waals surface area contributed by atoms with Gasteiger partial charge < -0.3 is 20.2 Å². The molecule has 0 radical (unpaired) electrons. The zero-order valence-electron chi connectivity index (χ0n) is 14.8. The maximum absolute atomic E-state index is 9.99. The molecule has 23 heavy (non-hydrogen) atoms. The van der Waals surface area contributed by atoms with Crippen molar-refractivity contribution in [2.45, 2.75) is 27.2 Å². The fourth-order valence-electron chi connectivity index (χ4n) is 2.77. The number of benzene rings is 1. The number of piperazine rings is 1. The Labute approximate surface area is 140 Å². The van der Waals surface area contributed by atoms with Crippen molar-refractivity contribution in [2.75, 3.05) is 44.7 Å². The van der Waals surface area contributed by atoms with Crippen LogP contribution in [0.5, 0.6) is 5.75 Å². The number of rotatable bonds is 3. The van der Waals surface area contributed by atoms with E-state index in [1.54, 1.807) is 6.07 Å². The van der Waals surface area contributed by atoms with E-state index < -0.39 is 0 Å². The van der Waals surface area contributed by atoms with Crippen molar-refractivity contribution < 1.29 is 5.11 Å². The first-order chi connectivity index (χ1) is 10.9. The molecule has 2 rings (SSSR count). The summed E-state index contributed by atoms with van der Waals surface area (Å²) >= 11 is 0. The Hall–Kier alpha value is -1.91. The summed E-state index contributed by atoms with van der Waals surface area (Å²) in [5, 5.41) is 13.5. The van der Waals surface area contributed by atoms with Gasteiger partial charge >= 0.3 is 0 Å². The first-order valence-corrected chi connectivity index (χ1v) is 8.39. The van der Waals surface area contributed by atoms with Crippen molar-refractivity contribution in [3.63, 3.8) is 0 Å². The standard InChI is InChI=1S/C18H30N4O/c1-18(2,3)9-10-20-17(19-4)22-13-11-21(12-14-22)15-7-5-6-8-16(15)23/h5-8,23H,9-14H2,1-4H3,(H,19,20). The molecular weight excluding hydrogens is 288 g/mol. The number of para-hydroxylation sites is 2. The van der Waals surface area contributed by atoms with Gasteiger partial charge in [-0.15, -0.1) is 0 Å². The minimum atomic E-state index is 0.329. The molecule has 1 aliphatic heterocycles. The van der Waals surface area contributed by atoms with Gasteiger partial charge in [0.25, 0.3) is 0 Å². The first kappa shape index (κ1) is 17.4. The van der Waals surface area contributed by atoms with Crippen molar-refractivity contribution in [1.82, 2.24) is 10.2 Å². The van der Waals surface area contributed by atoms with E-state index in [0.29, 0.717) is 11.2 Å². The van der Waals surface area contributed by atoms with Crippen molar-refractivity contribution in [2.24, 2.45) is 10.4 Å². The van der Waals surface area contributed by atoms with Gasteiger partial charge in [0.05, 0.1) is 5.69 Å². The summed E-state index contributed by atoms with van der Waals surface area (Å²) in [6.45, 7) is 11.3. The van der Waals surface area contributed by atoms with Crippen molar-refractivity contribution in [1.29, 1.82) is 0 Å². The van der Waals surface area contributed by atoms with Gasteiger partial charge in [0.2, 0.25) is 0 Å². The molecular formula is C18H30N4O. The zero-order valence-corrected chi connectivity index (χ0v) is 14.8. The number of aliphatic imine (C=N–C) groups is 1. The molecule has 1 heterocycles. The van der Waals surface area contributed by atoms with Crippen LogP contribution in [0.2, 0.25) is 0 Å². The van der Waals surface area contributed by atoms with E-state index >= 15 is 0 Å². The molecule has 0 unspecified atom stereocenters. The lowest BCUT2D eigenvalue weighted by atomic mass is 9.92. The largest absolute Gasteiger partial charge is 0.506 e. The highest BCUT2D eigenvalue weighted by atomic mass is 16.3. The molecule has 1 saturated heterocycles. The zero-order chi connectivity index (χ0) is 16.9. The molecule has 0 amide bonds. The topological polar surface area (TPSA) is 51.1 Å². The fraction of sp³-hybridized carbons (Fsp3) is 0.611. The molecule has 1 aromatic rings. The summed E-state index contributed by atoms with van der Waals surface area (Å²) in [7, 11) is 1.84. The first-order valence-electron chi connectivity index (χ1n) is 8.39. The summed E-state index contributed by atoms with van der Waals surface area (Å²) in [5.74, 6) is 1.33. The lowest BCUT2D eigenvalue weighted by Gasteiger charge is -2.38. The minimum Gasteiger partial charge on any atom is -0.506 e. The Morgan fingerprint density at radius 1 is 1.17 bits per heavy atom. The summed E-state index contributed by atoms with van der Waals surface area (Å²) in [6.07, 6.45) is 1.11. The Morgan fingerprint density at radius 2 is 1.83 bits per heavy atom. The average molecular weight is 318 g/mol. The number of hydrogen-bond acceptors (Lipinski definition) is 3. The number of nitrogens with zero attached hydrogens (tertiary/aromatic N) is 3. The molecule has 0 spiro atoms.